The Balaban J connectivity index is 2.13. The van der Waals surface area contributed by atoms with Gasteiger partial charge in [0.15, 0.2) is 0 Å². The molecule has 1 aromatic rings. The van der Waals surface area contributed by atoms with Crippen LogP contribution in [0.5, 0.6) is 0 Å². The molecule has 1 aromatic heterocycles. The maximum Gasteiger partial charge on any atom is 0.133 e. The highest BCUT2D eigenvalue weighted by Gasteiger charge is 2.31. The van der Waals surface area contributed by atoms with Crippen molar-refractivity contribution in [1.82, 2.24) is 0 Å². The summed E-state index contributed by atoms with van der Waals surface area (Å²) in [6.45, 7) is 2.95. The average molecular weight is 196 g/mol. The van der Waals surface area contributed by atoms with Crippen LogP contribution in [-0.4, -0.2) is 18.3 Å². The van der Waals surface area contributed by atoms with E-state index in [1.165, 1.54) is 0 Å². The Hall–Kier alpha value is -0.800. The first-order valence-corrected chi connectivity index (χ1v) is 5.16. The zero-order valence-electron chi connectivity index (χ0n) is 8.40. The molecule has 1 N–H and O–H groups in total. The predicted molar refractivity (Wildman–Crippen MR) is 52.0 cm³/mol. The molecular weight excluding hydrogens is 180 g/mol. The van der Waals surface area contributed by atoms with E-state index >= 15 is 0 Å². The molecule has 3 nitrogen and oxygen atoms in total. The molecule has 78 valence electrons. The third-order valence-corrected chi connectivity index (χ3v) is 2.76. The van der Waals surface area contributed by atoms with Crippen LogP contribution >= 0.6 is 0 Å². The minimum atomic E-state index is -0.0414. The lowest BCUT2D eigenvalue weighted by atomic mass is 10.0. The standard InChI is InChI=1S/C11H16O3/c1-2-9-3-4-10(14-9)11-8(7-12)5-6-13-11/h3-4,8,11-12H,2,5-7H2,1H3. The van der Waals surface area contributed by atoms with Crippen molar-refractivity contribution in [2.75, 3.05) is 13.2 Å². The lowest BCUT2D eigenvalue weighted by Crippen LogP contribution is -2.10. The maximum atomic E-state index is 9.14. The third-order valence-electron chi connectivity index (χ3n) is 2.76. The van der Waals surface area contributed by atoms with Gasteiger partial charge in [0.2, 0.25) is 0 Å². The second kappa shape index (κ2) is 4.15. The minimum absolute atomic E-state index is 0.0414. The predicted octanol–water partition coefficient (Wildman–Crippen LogP) is 1.91. The Labute approximate surface area is 83.7 Å². The molecule has 14 heavy (non-hydrogen) atoms. The molecule has 2 heterocycles. The normalized spacial score (nSPS) is 27.0. The summed E-state index contributed by atoms with van der Waals surface area (Å²) in [5.41, 5.74) is 0. The summed E-state index contributed by atoms with van der Waals surface area (Å²) in [7, 11) is 0. The summed E-state index contributed by atoms with van der Waals surface area (Å²) in [5, 5.41) is 9.14. The summed E-state index contributed by atoms with van der Waals surface area (Å²) in [6, 6.07) is 3.93. The van der Waals surface area contributed by atoms with Gasteiger partial charge in [0.1, 0.15) is 17.6 Å². The number of hydrogen-bond acceptors (Lipinski definition) is 3. The number of aliphatic hydroxyl groups is 1. The van der Waals surface area contributed by atoms with E-state index in [-0.39, 0.29) is 18.6 Å². The highest BCUT2D eigenvalue weighted by atomic mass is 16.5. The highest BCUT2D eigenvalue weighted by molar-refractivity contribution is 5.11. The quantitative estimate of drug-likeness (QED) is 0.803. The van der Waals surface area contributed by atoms with Gasteiger partial charge in [0, 0.05) is 25.6 Å². The zero-order chi connectivity index (χ0) is 9.97. The van der Waals surface area contributed by atoms with Gasteiger partial charge in [0.25, 0.3) is 0 Å². The van der Waals surface area contributed by atoms with E-state index in [2.05, 4.69) is 6.92 Å². The third kappa shape index (κ3) is 1.70. The van der Waals surface area contributed by atoms with E-state index in [0.717, 1.165) is 31.0 Å². The molecule has 0 radical (unpaired) electrons. The molecule has 1 aliphatic heterocycles. The summed E-state index contributed by atoms with van der Waals surface area (Å²) in [4.78, 5) is 0. The SMILES string of the molecule is CCc1ccc(C2OCCC2CO)o1. The van der Waals surface area contributed by atoms with Crippen molar-refractivity contribution in [2.45, 2.75) is 25.9 Å². The van der Waals surface area contributed by atoms with Crippen molar-refractivity contribution in [1.29, 1.82) is 0 Å². The van der Waals surface area contributed by atoms with Crippen LogP contribution in [0.4, 0.5) is 0 Å². The summed E-state index contributed by atoms with van der Waals surface area (Å²) < 4.78 is 11.2. The molecule has 2 atom stereocenters. The molecule has 2 unspecified atom stereocenters. The first-order chi connectivity index (χ1) is 6.85. The van der Waals surface area contributed by atoms with E-state index in [4.69, 9.17) is 14.3 Å². The lowest BCUT2D eigenvalue weighted by Gasteiger charge is -2.13. The number of ether oxygens (including phenoxy) is 1. The van der Waals surface area contributed by atoms with E-state index in [1.807, 2.05) is 12.1 Å². The molecule has 1 fully saturated rings. The Bertz CT molecular complexity index is 292. The van der Waals surface area contributed by atoms with Gasteiger partial charge in [0.05, 0.1) is 0 Å². The molecule has 0 bridgehead atoms. The van der Waals surface area contributed by atoms with Gasteiger partial charge in [-0.2, -0.15) is 0 Å². The Morgan fingerprint density at radius 1 is 1.50 bits per heavy atom. The van der Waals surface area contributed by atoms with Crippen LogP contribution in [0.3, 0.4) is 0 Å². The van der Waals surface area contributed by atoms with Crippen molar-refractivity contribution in [2.24, 2.45) is 5.92 Å². The average Bonchev–Trinajstić information content (AvgIpc) is 2.85. The molecule has 0 saturated carbocycles. The summed E-state index contributed by atoms with van der Waals surface area (Å²) >= 11 is 0. The Kier molecular flexibility index (Phi) is 2.89. The van der Waals surface area contributed by atoms with E-state index in [0.29, 0.717) is 0 Å². The smallest absolute Gasteiger partial charge is 0.133 e. The van der Waals surface area contributed by atoms with Gasteiger partial charge in [-0.05, 0) is 18.6 Å². The molecule has 0 aromatic carbocycles. The topological polar surface area (TPSA) is 42.6 Å². The molecule has 1 saturated heterocycles. The fourth-order valence-electron chi connectivity index (χ4n) is 1.87. The number of furan rings is 1. The van der Waals surface area contributed by atoms with Gasteiger partial charge < -0.3 is 14.3 Å². The molecule has 3 heteroatoms. The monoisotopic (exact) mass is 196 g/mol. The van der Waals surface area contributed by atoms with Gasteiger partial charge >= 0.3 is 0 Å². The number of hydrogen-bond donors (Lipinski definition) is 1. The van der Waals surface area contributed by atoms with Crippen LogP contribution < -0.4 is 0 Å². The van der Waals surface area contributed by atoms with Gasteiger partial charge in [-0.25, -0.2) is 0 Å². The zero-order valence-corrected chi connectivity index (χ0v) is 8.40. The largest absolute Gasteiger partial charge is 0.463 e. The Morgan fingerprint density at radius 3 is 3.00 bits per heavy atom. The first-order valence-electron chi connectivity index (χ1n) is 5.16. The van der Waals surface area contributed by atoms with Crippen molar-refractivity contribution < 1.29 is 14.3 Å². The van der Waals surface area contributed by atoms with Gasteiger partial charge in [-0.3, -0.25) is 0 Å². The van der Waals surface area contributed by atoms with Crippen molar-refractivity contribution in [3.63, 3.8) is 0 Å². The van der Waals surface area contributed by atoms with Gasteiger partial charge in [-0.15, -0.1) is 0 Å². The first kappa shape index (κ1) is 9.74. The van der Waals surface area contributed by atoms with Crippen molar-refractivity contribution >= 4 is 0 Å². The number of rotatable bonds is 3. The molecule has 2 rings (SSSR count). The summed E-state index contributed by atoms with van der Waals surface area (Å²) in [6.07, 6.45) is 1.78. The molecule has 0 amide bonds. The van der Waals surface area contributed by atoms with Crippen molar-refractivity contribution in [3.8, 4) is 0 Å². The number of aryl methyl sites for hydroxylation is 1. The van der Waals surface area contributed by atoms with Crippen LogP contribution in [0.1, 0.15) is 31.0 Å². The van der Waals surface area contributed by atoms with Crippen LogP contribution in [0, 0.1) is 5.92 Å². The fraction of sp³-hybridized carbons (Fsp3) is 0.636. The lowest BCUT2D eigenvalue weighted by molar-refractivity contribution is 0.0546. The molecule has 0 spiro atoms. The van der Waals surface area contributed by atoms with Crippen LogP contribution in [0.2, 0.25) is 0 Å². The van der Waals surface area contributed by atoms with Crippen LogP contribution in [0.25, 0.3) is 0 Å². The van der Waals surface area contributed by atoms with Crippen LogP contribution in [-0.2, 0) is 11.2 Å². The maximum absolute atomic E-state index is 9.14. The van der Waals surface area contributed by atoms with Crippen LogP contribution in [0.15, 0.2) is 16.5 Å². The summed E-state index contributed by atoms with van der Waals surface area (Å²) in [5.74, 6) is 2.04. The molecule has 0 aliphatic carbocycles. The molecule has 1 aliphatic rings. The number of aliphatic hydroxyl groups excluding tert-OH is 1. The second-order valence-electron chi connectivity index (χ2n) is 3.68. The van der Waals surface area contributed by atoms with Gasteiger partial charge in [-0.1, -0.05) is 6.92 Å². The minimum Gasteiger partial charge on any atom is -0.463 e. The van der Waals surface area contributed by atoms with Crippen molar-refractivity contribution in [3.05, 3.63) is 23.7 Å². The Morgan fingerprint density at radius 2 is 2.36 bits per heavy atom. The second-order valence-corrected chi connectivity index (χ2v) is 3.68. The fourth-order valence-corrected chi connectivity index (χ4v) is 1.87. The van der Waals surface area contributed by atoms with E-state index < -0.39 is 0 Å². The van der Waals surface area contributed by atoms with E-state index in [9.17, 15) is 0 Å². The molecular formula is C11H16O3. The van der Waals surface area contributed by atoms with E-state index in [1.54, 1.807) is 0 Å². The highest BCUT2D eigenvalue weighted by Crippen LogP contribution is 2.34.